The number of nitrogens with zero attached hydrogens (tertiary/aromatic N) is 5. The highest BCUT2D eigenvalue weighted by Gasteiger charge is 2.46. The molecule has 12 nitrogen and oxygen atoms in total. The predicted octanol–water partition coefficient (Wildman–Crippen LogP) is 2.68. The lowest BCUT2D eigenvalue weighted by Crippen LogP contribution is -2.30. The van der Waals surface area contributed by atoms with Crippen LogP contribution >= 0.6 is 11.8 Å². The molecule has 0 spiro atoms. The highest BCUT2D eigenvalue weighted by Crippen LogP contribution is 2.43. The average Bonchev–Trinajstić information content (AvgIpc) is 3.38. The second-order valence-corrected chi connectivity index (χ2v) is 11.4. The SMILES string of the molecule is CCOc1ccc(OCC(=O)OC(C)(C)C)c2c1C(=O)N(CSc1nnnn1-c1ccccc1)S2(=O)=O. The molecule has 0 bridgehead atoms. The van der Waals surface area contributed by atoms with Gasteiger partial charge in [0.25, 0.3) is 15.9 Å². The standard InChI is InChI=1S/C23H25N5O7S2/c1-5-33-16-11-12-17(34-13-18(29)35-23(2,3)4)20-19(16)21(30)27(37(20,31)32)14-36-22-24-25-26-28(22)15-9-7-6-8-10-15/h6-12H,5,13-14H2,1-4H3. The van der Waals surface area contributed by atoms with Gasteiger partial charge in [0.1, 0.15) is 27.6 Å². The van der Waals surface area contributed by atoms with Gasteiger partial charge in [-0.15, -0.1) is 5.10 Å². The summed E-state index contributed by atoms with van der Waals surface area (Å²) in [5.41, 5.74) is -0.232. The first-order valence-corrected chi connectivity index (χ1v) is 13.6. The quantitative estimate of drug-likeness (QED) is 0.288. The number of sulfonamides is 1. The van der Waals surface area contributed by atoms with Crippen molar-refractivity contribution in [2.45, 2.75) is 43.3 Å². The number of esters is 1. The lowest BCUT2D eigenvalue weighted by Gasteiger charge is -2.20. The Bertz CT molecular complexity index is 1420. The lowest BCUT2D eigenvalue weighted by atomic mass is 10.1. The molecule has 14 heteroatoms. The van der Waals surface area contributed by atoms with Gasteiger partial charge in [-0.1, -0.05) is 30.0 Å². The number of amides is 1. The number of tetrazole rings is 1. The second kappa shape index (κ2) is 10.4. The van der Waals surface area contributed by atoms with Crippen molar-refractivity contribution in [2.75, 3.05) is 19.1 Å². The van der Waals surface area contributed by atoms with E-state index >= 15 is 0 Å². The number of carbonyl (C=O) groups is 2. The molecule has 0 aliphatic carbocycles. The van der Waals surface area contributed by atoms with Crippen molar-refractivity contribution in [3.63, 3.8) is 0 Å². The molecule has 3 aromatic rings. The minimum absolute atomic E-state index is 0.0947. The third kappa shape index (κ3) is 5.54. The Morgan fingerprint density at radius 2 is 1.76 bits per heavy atom. The van der Waals surface area contributed by atoms with Gasteiger partial charge < -0.3 is 14.2 Å². The van der Waals surface area contributed by atoms with Gasteiger partial charge in [-0.3, -0.25) is 4.79 Å². The first-order chi connectivity index (χ1) is 17.5. The molecular formula is C23H25N5O7S2. The number of hydrogen-bond donors (Lipinski definition) is 0. The van der Waals surface area contributed by atoms with E-state index in [1.54, 1.807) is 39.8 Å². The van der Waals surface area contributed by atoms with Crippen molar-refractivity contribution in [1.29, 1.82) is 0 Å². The van der Waals surface area contributed by atoms with E-state index in [1.165, 1.54) is 16.8 Å². The summed E-state index contributed by atoms with van der Waals surface area (Å²) in [6.45, 7) is 6.48. The van der Waals surface area contributed by atoms with Crippen LogP contribution in [0.15, 0.2) is 52.5 Å². The number of hydrogen-bond acceptors (Lipinski definition) is 11. The molecule has 2 aromatic carbocycles. The van der Waals surface area contributed by atoms with Crippen molar-refractivity contribution in [2.24, 2.45) is 0 Å². The molecule has 0 N–H and O–H groups in total. The van der Waals surface area contributed by atoms with Crippen molar-refractivity contribution in [1.82, 2.24) is 24.5 Å². The van der Waals surface area contributed by atoms with Gasteiger partial charge in [-0.05, 0) is 62.4 Å². The molecule has 0 saturated carbocycles. The largest absolute Gasteiger partial charge is 0.493 e. The van der Waals surface area contributed by atoms with Crippen LogP contribution in [0.25, 0.3) is 5.69 Å². The third-order valence-electron chi connectivity index (χ3n) is 4.89. The summed E-state index contributed by atoms with van der Waals surface area (Å²) in [5, 5.41) is 11.8. The monoisotopic (exact) mass is 547 g/mol. The normalized spacial score (nSPS) is 14.4. The van der Waals surface area contributed by atoms with E-state index in [9.17, 15) is 18.0 Å². The van der Waals surface area contributed by atoms with Crippen molar-refractivity contribution >= 4 is 33.7 Å². The number of para-hydroxylation sites is 1. The minimum atomic E-state index is -4.35. The van der Waals surface area contributed by atoms with Gasteiger partial charge in [0.15, 0.2) is 6.61 Å². The van der Waals surface area contributed by atoms with Gasteiger partial charge in [0.2, 0.25) is 5.16 Å². The number of benzene rings is 2. The van der Waals surface area contributed by atoms with Gasteiger partial charge in [-0.2, -0.15) is 4.68 Å². The first-order valence-electron chi connectivity index (χ1n) is 11.2. The minimum Gasteiger partial charge on any atom is -0.493 e. The molecule has 1 amide bonds. The fraction of sp³-hybridized carbons (Fsp3) is 0.348. The maximum Gasteiger partial charge on any atom is 0.344 e. The average molecular weight is 548 g/mol. The van der Waals surface area contributed by atoms with Crippen LogP contribution in [0.2, 0.25) is 0 Å². The van der Waals surface area contributed by atoms with Crippen LogP contribution in [0.3, 0.4) is 0 Å². The Hall–Kier alpha value is -3.65. The van der Waals surface area contributed by atoms with E-state index in [2.05, 4.69) is 15.5 Å². The molecule has 0 unspecified atom stereocenters. The third-order valence-corrected chi connectivity index (χ3v) is 7.75. The number of rotatable bonds is 9. The van der Waals surface area contributed by atoms with Crippen LogP contribution in [-0.2, 0) is 19.6 Å². The lowest BCUT2D eigenvalue weighted by molar-refractivity contribution is -0.157. The second-order valence-electron chi connectivity index (χ2n) is 8.72. The molecule has 196 valence electrons. The van der Waals surface area contributed by atoms with Crippen LogP contribution in [-0.4, -0.2) is 69.5 Å². The zero-order valence-electron chi connectivity index (χ0n) is 20.6. The number of carbonyl (C=O) groups excluding carboxylic acids is 2. The zero-order chi connectivity index (χ0) is 26.8. The molecule has 0 saturated heterocycles. The van der Waals surface area contributed by atoms with Gasteiger partial charge in [0.05, 0.1) is 18.2 Å². The van der Waals surface area contributed by atoms with Crippen LogP contribution < -0.4 is 9.47 Å². The smallest absolute Gasteiger partial charge is 0.344 e. The van der Waals surface area contributed by atoms with Crippen molar-refractivity contribution < 1.29 is 32.2 Å². The summed E-state index contributed by atoms with van der Waals surface area (Å²) < 4.78 is 45.5. The molecule has 2 heterocycles. The Morgan fingerprint density at radius 1 is 1.05 bits per heavy atom. The van der Waals surface area contributed by atoms with Gasteiger partial charge >= 0.3 is 5.97 Å². The Labute approximate surface area is 217 Å². The van der Waals surface area contributed by atoms with E-state index in [1.807, 2.05) is 18.2 Å². The first kappa shape index (κ1) is 26.4. The summed E-state index contributed by atoms with van der Waals surface area (Å²) in [5.74, 6) is -1.83. The molecule has 1 aromatic heterocycles. The summed E-state index contributed by atoms with van der Waals surface area (Å²) >= 11 is 0.969. The molecular weight excluding hydrogens is 522 g/mol. The number of ether oxygens (including phenoxy) is 3. The maximum absolute atomic E-state index is 13.5. The van der Waals surface area contributed by atoms with E-state index in [-0.39, 0.29) is 39.6 Å². The highest BCUT2D eigenvalue weighted by molar-refractivity contribution is 8.00. The Morgan fingerprint density at radius 3 is 2.43 bits per heavy atom. The predicted molar refractivity (Wildman–Crippen MR) is 132 cm³/mol. The van der Waals surface area contributed by atoms with Crippen LogP contribution in [0.1, 0.15) is 38.1 Å². The Balaban J connectivity index is 1.62. The van der Waals surface area contributed by atoms with E-state index in [0.29, 0.717) is 9.99 Å². The number of aromatic nitrogens is 4. The summed E-state index contributed by atoms with van der Waals surface area (Å²) in [6, 6.07) is 11.8. The summed E-state index contributed by atoms with van der Waals surface area (Å²) in [7, 11) is -4.35. The van der Waals surface area contributed by atoms with Crippen LogP contribution in [0, 0.1) is 0 Å². The van der Waals surface area contributed by atoms with E-state index in [4.69, 9.17) is 14.2 Å². The molecule has 0 atom stereocenters. The molecule has 37 heavy (non-hydrogen) atoms. The molecule has 0 fully saturated rings. The van der Waals surface area contributed by atoms with Crippen molar-refractivity contribution in [3.8, 4) is 17.2 Å². The summed E-state index contributed by atoms with van der Waals surface area (Å²) in [6.07, 6.45) is 0. The molecule has 1 aliphatic heterocycles. The van der Waals surface area contributed by atoms with Crippen LogP contribution in [0.5, 0.6) is 11.5 Å². The zero-order valence-corrected chi connectivity index (χ0v) is 22.2. The van der Waals surface area contributed by atoms with Crippen molar-refractivity contribution in [3.05, 3.63) is 48.0 Å². The highest BCUT2D eigenvalue weighted by atomic mass is 32.2. The topological polar surface area (TPSA) is 143 Å². The van der Waals surface area contributed by atoms with Gasteiger partial charge in [-0.25, -0.2) is 17.5 Å². The maximum atomic E-state index is 13.5. The van der Waals surface area contributed by atoms with Gasteiger partial charge in [0, 0.05) is 0 Å². The van der Waals surface area contributed by atoms with E-state index < -0.39 is 34.1 Å². The Kier molecular flexibility index (Phi) is 7.41. The van der Waals surface area contributed by atoms with E-state index in [0.717, 1.165) is 11.8 Å². The molecule has 0 radical (unpaired) electrons. The number of fused-ring (bicyclic) bond motifs is 1. The summed E-state index contributed by atoms with van der Waals surface area (Å²) in [4.78, 5) is 25.1. The fourth-order valence-electron chi connectivity index (χ4n) is 3.49. The molecule has 4 rings (SSSR count). The number of thioether (sulfide) groups is 1. The fourth-order valence-corrected chi connectivity index (χ4v) is 6.27. The van der Waals surface area contributed by atoms with Crippen LogP contribution in [0.4, 0.5) is 0 Å². The molecule has 1 aliphatic rings.